The largest absolute Gasteiger partial charge is 0.493 e. The normalized spacial score (nSPS) is 10.4. The molecule has 1 N–H and O–H groups in total. The van der Waals surface area contributed by atoms with Gasteiger partial charge in [0, 0.05) is 36.0 Å². The summed E-state index contributed by atoms with van der Waals surface area (Å²) in [5.74, 6) is 0.816. The van der Waals surface area contributed by atoms with Gasteiger partial charge in [-0.15, -0.1) is 0 Å². The second-order valence-corrected chi connectivity index (χ2v) is 6.12. The van der Waals surface area contributed by atoms with Gasteiger partial charge in [0.15, 0.2) is 11.5 Å². The van der Waals surface area contributed by atoms with Gasteiger partial charge in [0.2, 0.25) is 5.91 Å². The molecular formula is C20H24N2O4. The molecule has 0 radical (unpaired) electrons. The number of carbonyl (C=O) groups excluding carboxylic acids is 2. The molecular weight excluding hydrogens is 332 g/mol. The van der Waals surface area contributed by atoms with Crippen LogP contribution in [0.3, 0.4) is 0 Å². The molecule has 0 aliphatic carbocycles. The minimum Gasteiger partial charge on any atom is -0.493 e. The molecule has 0 aliphatic rings. The topological polar surface area (TPSA) is 67.9 Å². The predicted octanol–water partition coefficient (Wildman–Crippen LogP) is 3.57. The molecule has 2 rings (SSSR count). The fraction of sp³-hybridized carbons (Fsp3) is 0.300. The van der Waals surface area contributed by atoms with Crippen molar-refractivity contribution >= 4 is 23.2 Å². The van der Waals surface area contributed by atoms with Crippen LogP contribution in [0.5, 0.6) is 11.5 Å². The van der Waals surface area contributed by atoms with Gasteiger partial charge in [-0.2, -0.15) is 0 Å². The van der Waals surface area contributed by atoms with E-state index in [1.54, 1.807) is 63.7 Å². The molecule has 0 atom stereocenters. The quantitative estimate of drug-likeness (QED) is 0.859. The maximum absolute atomic E-state index is 12.7. The predicted molar refractivity (Wildman–Crippen MR) is 102 cm³/mol. The van der Waals surface area contributed by atoms with Crippen LogP contribution in [-0.2, 0) is 4.79 Å². The minimum atomic E-state index is -0.168. The van der Waals surface area contributed by atoms with Crippen LogP contribution in [0.2, 0.25) is 0 Å². The maximum Gasteiger partial charge on any atom is 0.258 e. The van der Waals surface area contributed by atoms with Gasteiger partial charge in [-0.25, -0.2) is 0 Å². The molecule has 0 saturated heterocycles. The number of amides is 2. The van der Waals surface area contributed by atoms with Crippen molar-refractivity contribution in [1.82, 2.24) is 0 Å². The van der Waals surface area contributed by atoms with Gasteiger partial charge in [-0.3, -0.25) is 9.59 Å². The van der Waals surface area contributed by atoms with Crippen LogP contribution >= 0.6 is 0 Å². The lowest BCUT2D eigenvalue weighted by Gasteiger charge is -2.19. The molecule has 0 spiro atoms. The van der Waals surface area contributed by atoms with Crippen molar-refractivity contribution in [3.05, 3.63) is 48.0 Å². The first kappa shape index (κ1) is 19.3. The number of benzene rings is 2. The summed E-state index contributed by atoms with van der Waals surface area (Å²) in [7, 11) is 4.80. The molecule has 0 fully saturated rings. The highest BCUT2D eigenvalue weighted by molar-refractivity contribution is 6.06. The molecule has 0 aromatic heterocycles. The fourth-order valence-electron chi connectivity index (χ4n) is 2.33. The van der Waals surface area contributed by atoms with E-state index >= 15 is 0 Å². The van der Waals surface area contributed by atoms with E-state index in [2.05, 4.69) is 5.32 Å². The summed E-state index contributed by atoms with van der Waals surface area (Å²) in [6.07, 6.45) is 0. The molecule has 6 nitrogen and oxygen atoms in total. The highest BCUT2D eigenvalue weighted by atomic mass is 16.5. The summed E-state index contributed by atoms with van der Waals surface area (Å²) in [4.78, 5) is 26.0. The zero-order chi connectivity index (χ0) is 19.3. The van der Waals surface area contributed by atoms with Crippen LogP contribution in [0.4, 0.5) is 11.4 Å². The molecule has 2 amide bonds. The summed E-state index contributed by atoms with van der Waals surface area (Å²) < 4.78 is 10.5. The number of carbonyl (C=O) groups is 2. The van der Waals surface area contributed by atoms with Crippen LogP contribution in [0.25, 0.3) is 0 Å². The molecule has 6 heteroatoms. The third-order valence-corrected chi connectivity index (χ3v) is 3.98. The summed E-state index contributed by atoms with van der Waals surface area (Å²) in [6.45, 7) is 3.65. The second-order valence-electron chi connectivity index (χ2n) is 6.12. The standard InChI is InChI=1S/C20H24N2O4/c1-13(2)19(23)21-15-8-6-14(7-9-15)20(24)22(3)16-10-11-17(25-4)18(12-16)26-5/h6-13H,1-5H3,(H,21,23). The van der Waals surface area contributed by atoms with Crippen LogP contribution < -0.4 is 19.7 Å². The average molecular weight is 356 g/mol. The molecule has 26 heavy (non-hydrogen) atoms. The monoisotopic (exact) mass is 356 g/mol. The van der Waals surface area contributed by atoms with E-state index in [-0.39, 0.29) is 17.7 Å². The Kier molecular flexibility index (Phi) is 6.22. The Bertz CT molecular complexity index is 785. The average Bonchev–Trinajstić information content (AvgIpc) is 2.66. The lowest BCUT2D eigenvalue weighted by Crippen LogP contribution is -2.26. The van der Waals surface area contributed by atoms with Crippen LogP contribution in [0.15, 0.2) is 42.5 Å². The third kappa shape index (κ3) is 4.33. The maximum atomic E-state index is 12.7. The first-order valence-electron chi connectivity index (χ1n) is 8.28. The Hall–Kier alpha value is -3.02. The van der Waals surface area contributed by atoms with Crippen molar-refractivity contribution < 1.29 is 19.1 Å². The van der Waals surface area contributed by atoms with Gasteiger partial charge in [0.05, 0.1) is 14.2 Å². The van der Waals surface area contributed by atoms with Crippen molar-refractivity contribution in [2.75, 3.05) is 31.5 Å². The smallest absolute Gasteiger partial charge is 0.258 e. The molecule has 0 saturated carbocycles. The molecule has 0 heterocycles. The van der Waals surface area contributed by atoms with Gasteiger partial charge < -0.3 is 19.7 Å². The highest BCUT2D eigenvalue weighted by Crippen LogP contribution is 2.31. The summed E-state index contributed by atoms with van der Waals surface area (Å²) in [5, 5.41) is 2.80. The lowest BCUT2D eigenvalue weighted by molar-refractivity contribution is -0.118. The molecule has 0 unspecified atom stereocenters. The summed E-state index contributed by atoms with van der Waals surface area (Å²) in [5.41, 5.74) is 1.86. The summed E-state index contributed by atoms with van der Waals surface area (Å²) >= 11 is 0. The first-order valence-corrected chi connectivity index (χ1v) is 8.28. The van der Waals surface area contributed by atoms with Crippen molar-refractivity contribution in [1.29, 1.82) is 0 Å². The van der Waals surface area contributed by atoms with Gasteiger partial charge in [-0.05, 0) is 36.4 Å². The number of anilines is 2. The molecule has 138 valence electrons. The first-order chi connectivity index (χ1) is 12.4. The third-order valence-electron chi connectivity index (χ3n) is 3.98. The van der Waals surface area contributed by atoms with E-state index in [9.17, 15) is 9.59 Å². The van der Waals surface area contributed by atoms with Crippen LogP contribution in [0, 0.1) is 5.92 Å². The second kappa shape index (κ2) is 8.38. The number of rotatable bonds is 6. The van der Waals surface area contributed by atoms with Gasteiger partial charge in [0.1, 0.15) is 0 Å². The zero-order valence-corrected chi connectivity index (χ0v) is 15.7. The molecule has 0 bridgehead atoms. The Morgan fingerprint density at radius 1 is 0.962 bits per heavy atom. The lowest BCUT2D eigenvalue weighted by atomic mass is 10.1. The van der Waals surface area contributed by atoms with E-state index in [1.807, 2.05) is 13.8 Å². The van der Waals surface area contributed by atoms with E-state index in [0.717, 1.165) is 0 Å². The highest BCUT2D eigenvalue weighted by Gasteiger charge is 2.16. The molecule has 2 aromatic carbocycles. The van der Waals surface area contributed by atoms with Crippen LogP contribution in [0.1, 0.15) is 24.2 Å². The molecule has 2 aromatic rings. The number of nitrogens with zero attached hydrogens (tertiary/aromatic N) is 1. The van der Waals surface area contributed by atoms with E-state index in [1.165, 1.54) is 4.90 Å². The van der Waals surface area contributed by atoms with Crippen molar-refractivity contribution in [2.24, 2.45) is 5.92 Å². The molecule has 0 aliphatic heterocycles. The van der Waals surface area contributed by atoms with Crippen LogP contribution in [-0.4, -0.2) is 33.1 Å². The Morgan fingerprint density at radius 2 is 1.58 bits per heavy atom. The number of hydrogen-bond donors (Lipinski definition) is 1. The number of ether oxygens (including phenoxy) is 2. The van der Waals surface area contributed by atoms with Gasteiger partial charge in [-0.1, -0.05) is 13.8 Å². The Morgan fingerprint density at radius 3 is 2.12 bits per heavy atom. The Labute approximate surface area is 153 Å². The van der Waals surface area contributed by atoms with E-state index < -0.39 is 0 Å². The minimum absolute atomic E-state index is 0.0634. The number of methoxy groups -OCH3 is 2. The van der Waals surface area contributed by atoms with E-state index in [4.69, 9.17) is 9.47 Å². The van der Waals surface area contributed by atoms with Crippen molar-refractivity contribution in [3.63, 3.8) is 0 Å². The van der Waals surface area contributed by atoms with Crippen molar-refractivity contribution in [2.45, 2.75) is 13.8 Å². The van der Waals surface area contributed by atoms with Gasteiger partial charge >= 0.3 is 0 Å². The Balaban J connectivity index is 2.16. The zero-order valence-electron chi connectivity index (χ0n) is 15.7. The number of hydrogen-bond acceptors (Lipinski definition) is 4. The fourth-order valence-corrected chi connectivity index (χ4v) is 2.33. The number of nitrogens with one attached hydrogen (secondary N) is 1. The van der Waals surface area contributed by atoms with Crippen molar-refractivity contribution in [3.8, 4) is 11.5 Å². The van der Waals surface area contributed by atoms with E-state index in [0.29, 0.717) is 28.4 Å². The SMILES string of the molecule is COc1ccc(N(C)C(=O)c2ccc(NC(=O)C(C)C)cc2)cc1OC. The van der Waals surface area contributed by atoms with Gasteiger partial charge in [0.25, 0.3) is 5.91 Å². The summed E-state index contributed by atoms with van der Waals surface area (Å²) in [6, 6.07) is 12.1.